The van der Waals surface area contributed by atoms with Crippen LogP contribution in [-0.4, -0.2) is 125 Å². The molecule has 0 aromatic carbocycles. The van der Waals surface area contributed by atoms with Crippen molar-refractivity contribution in [2.24, 2.45) is 5.73 Å². The highest BCUT2D eigenvalue weighted by Gasteiger charge is 2.47. The van der Waals surface area contributed by atoms with Gasteiger partial charge in [-0.05, 0) is 23.7 Å². The molecule has 0 saturated carbocycles. The monoisotopic (exact) mass is 681 g/mol. The second-order valence-corrected chi connectivity index (χ2v) is 15.2. The van der Waals surface area contributed by atoms with Crippen LogP contribution in [0.1, 0.15) is 38.3 Å². The Balaban J connectivity index is 1.08. The molecule has 46 heavy (non-hydrogen) atoms. The summed E-state index contributed by atoms with van der Waals surface area (Å²) in [5.41, 5.74) is 6.01. The second kappa shape index (κ2) is 15.1. The van der Waals surface area contributed by atoms with Gasteiger partial charge in [0, 0.05) is 29.9 Å². The Labute approximate surface area is 271 Å². The number of anilines is 1. The summed E-state index contributed by atoms with van der Waals surface area (Å²) < 4.78 is 7.44. The molecule has 9 atom stereocenters. The molecule has 0 spiro atoms. The highest BCUT2D eigenvalue weighted by molar-refractivity contribution is 8.00. The number of nitrogens with one attached hydrogen (secondary N) is 4. The Kier molecular flexibility index (Phi) is 11.2. The molecule has 5 rings (SSSR count). The minimum Gasteiger partial charge on any atom is -0.548 e. The third-order valence-electron chi connectivity index (χ3n) is 8.28. The molecule has 2 aromatic rings. The lowest BCUT2D eigenvalue weighted by Crippen LogP contribution is -2.43. The van der Waals surface area contributed by atoms with Gasteiger partial charge in [0.25, 0.3) is 0 Å². The van der Waals surface area contributed by atoms with Crippen molar-refractivity contribution >= 4 is 63.5 Å². The van der Waals surface area contributed by atoms with E-state index in [0.717, 1.165) is 18.6 Å². The highest BCUT2D eigenvalue weighted by Crippen LogP contribution is 2.34. The number of aliphatic hydroxyl groups is 2. The number of hydrogen-bond acceptors (Lipinski definition) is 13. The average Bonchev–Trinajstić information content (AvgIpc) is 3.78. The van der Waals surface area contributed by atoms with Gasteiger partial charge >= 0.3 is 6.03 Å². The van der Waals surface area contributed by atoms with Crippen LogP contribution in [-0.2, 0) is 30.0 Å². The maximum Gasteiger partial charge on any atom is 0.315 e. The highest BCUT2D eigenvalue weighted by atomic mass is 32.2. The maximum atomic E-state index is 12.6. The predicted octanol–water partition coefficient (Wildman–Crippen LogP) is -3.06. The number of carboxylic acids is 1. The molecule has 3 aliphatic heterocycles. The number of aromatic nitrogens is 4. The number of ether oxygens (including phenoxy) is 1. The molecule has 5 heterocycles. The number of unbranched alkanes of at least 4 members (excludes halogenated alkanes) is 1. The van der Waals surface area contributed by atoms with Gasteiger partial charge in [-0.3, -0.25) is 14.2 Å². The van der Waals surface area contributed by atoms with Gasteiger partial charge in [-0.15, -0.1) is 0 Å². The van der Waals surface area contributed by atoms with E-state index in [4.69, 9.17) is 10.5 Å². The molecule has 4 amide bonds. The fourth-order valence-electron chi connectivity index (χ4n) is 5.75. The van der Waals surface area contributed by atoms with E-state index in [-0.39, 0.29) is 71.3 Å². The number of imidazole rings is 1. The Hall–Kier alpha value is -3.23. The molecule has 3 saturated heterocycles. The van der Waals surface area contributed by atoms with Crippen LogP contribution < -0.4 is 32.1 Å². The number of carbonyl (C=O) groups excluding carboxylic acids is 4. The number of carbonyl (C=O) groups is 4. The van der Waals surface area contributed by atoms with E-state index in [2.05, 4.69) is 36.2 Å². The summed E-state index contributed by atoms with van der Waals surface area (Å²) in [4.78, 5) is 60.0. The van der Waals surface area contributed by atoms with E-state index in [9.17, 15) is 34.5 Å². The lowest BCUT2D eigenvalue weighted by Gasteiger charge is -2.16. The molecule has 8 N–H and O–H groups in total. The predicted molar refractivity (Wildman–Crippen MR) is 167 cm³/mol. The van der Waals surface area contributed by atoms with Crippen LogP contribution in [0.4, 0.5) is 10.6 Å². The average molecular weight is 682 g/mol. The van der Waals surface area contributed by atoms with Crippen LogP contribution >= 0.6 is 11.8 Å². The van der Waals surface area contributed by atoms with Crippen LogP contribution in [0, 0.1) is 0 Å². The van der Waals surface area contributed by atoms with E-state index >= 15 is 0 Å². The molecule has 3 fully saturated rings. The van der Waals surface area contributed by atoms with Gasteiger partial charge in [0.05, 0.1) is 37.2 Å². The SMILES string of the molecule is C[S+](CC[C@H](N)C(=O)[O-])C[C@H]1O[C@@H](n2cnc3c(NC(=O)CNC(=O)CCCCC4SC[C@@H]5NC(=O)N[C@H]45)ncnc32)[C@H](O)[C@@H]1O. The number of nitrogens with two attached hydrogens (primary N) is 1. The van der Waals surface area contributed by atoms with Crippen molar-refractivity contribution in [2.75, 3.05) is 35.4 Å². The van der Waals surface area contributed by atoms with Gasteiger partial charge in [0.2, 0.25) is 11.8 Å². The van der Waals surface area contributed by atoms with E-state index in [1.807, 2.05) is 18.0 Å². The number of hydrogen-bond donors (Lipinski definition) is 7. The van der Waals surface area contributed by atoms with Crippen molar-refractivity contribution in [3.05, 3.63) is 12.7 Å². The van der Waals surface area contributed by atoms with Gasteiger partial charge in [-0.25, -0.2) is 19.7 Å². The van der Waals surface area contributed by atoms with Crippen LogP contribution in [0.15, 0.2) is 12.7 Å². The third-order valence-corrected chi connectivity index (χ3v) is 11.6. The number of aliphatic carboxylic acids is 1. The Morgan fingerprint density at radius 1 is 1.22 bits per heavy atom. The summed E-state index contributed by atoms with van der Waals surface area (Å²) in [6.07, 6.45) is 3.09. The van der Waals surface area contributed by atoms with Crippen molar-refractivity contribution in [3.8, 4) is 0 Å². The second-order valence-electron chi connectivity index (χ2n) is 11.7. The summed E-state index contributed by atoms with van der Waals surface area (Å²) in [5, 5.41) is 43.8. The van der Waals surface area contributed by atoms with Gasteiger partial charge in [-0.1, -0.05) is 6.42 Å². The molecule has 2 aromatic heterocycles. The Morgan fingerprint density at radius 2 is 2.02 bits per heavy atom. The first-order valence-corrected chi connectivity index (χ1v) is 18.0. The van der Waals surface area contributed by atoms with Gasteiger partial charge in [-0.2, -0.15) is 11.8 Å². The maximum absolute atomic E-state index is 12.6. The zero-order valence-corrected chi connectivity index (χ0v) is 26.8. The minimum atomic E-state index is -1.32. The van der Waals surface area contributed by atoms with Gasteiger partial charge in [0.1, 0.15) is 36.1 Å². The molecule has 0 radical (unpaired) electrons. The van der Waals surface area contributed by atoms with Crippen molar-refractivity contribution in [1.29, 1.82) is 0 Å². The summed E-state index contributed by atoms with van der Waals surface area (Å²) >= 11 is 1.83. The fraction of sp³-hybridized carbons (Fsp3) is 0.667. The number of aliphatic hydroxyl groups excluding tert-OH is 2. The number of urea groups is 1. The van der Waals surface area contributed by atoms with Crippen LogP contribution in [0.25, 0.3) is 11.2 Å². The number of amides is 4. The van der Waals surface area contributed by atoms with Gasteiger partial charge in [0.15, 0.2) is 23.2 Å². The minimum absolute atomic E-state index is 0.104. The molecule has 19 heteroatoms. The standard InChI is InChI=1S/C27H39N9O8S2/c1-46(7-6-13(28)26(41)42)10-15-21(39)22(40)25(44-15)36-12-32-20-23(30-11-31-24(20)36)34-18(38)8-29-17(37)5-3-2-4-16-19-14(9-45-16)33-27(43)35-19/h11-16,19,21-22,25,39-40H,2-10,28H2,1H3,(H4-,29,30,31,33,34,35,37,38,41,42,43)/t13-,14-,15+,16?,19-,21+,22+,25+,46?/m0/s1. The van der Waals surface area contributed by atoms with E-state index in [0.29, 0.717) is 23.2 Å². The zero-order chi connectivity index (χ0) is 33.0. The Morgan fingerprint density at radius 3 is 2.80 bits per heavy atom. The number of thioether (sulfide) groups is 1. The molecule has 3 aliphatic rings. The number of rotatable bonds is 15. The van der Waals surface area contributed by atoms with Crippen molar-refractivity contribution in [2.45, 2.75) is 80.0 Å². The fourth-order valence-corrected chi connectivity index (χ4v) is 8.96. The molecular weight excluding hydrogens is 642 g/mol. The van der Waals surface area contributed by atoms with Gasteiger partial charge < -0.3 is 51.9 Å². The van der Waals surface area contributed by atoms with Crippen molar-refractivity contribution in [3.63, 3.8) is 0 Å². The number of fused-ring (bicyclic) bond motifs is 2. The summed E-state index contributed by atoms with van der Waals surface area (Å²) in [7, 11) is -0.354. The lowest BCUT2D eigenvalue weighted by molar-refractivity contribution is -0.307. The largest absolute Gasteiger partial charge is 0.548 e. The molecular formula is C27H39N9O8S2. The first-order chi connectivity index (χ1) is 22.0. The first-order valence-electron chi connectivity index (χ1n) is 15.0. The van der Waals surface area contributed by atoms with E-state index in [1.54, 1.807) is 0 Å². The topological polar surface area (TPSA) is 259 Å². The quantitative estimate of drug-likeness (QED) is 0.0560. The third kappa shape index (κ3) is 8.00. The molecule has 17 nitrogen and oxygen atoms in total. The van der Waals surface area contributed by atoms with E-state index < -0.39 is 42.5 Å². The number of nitrogens with zero attached hydrogens (tertiary/aromatic N) is 4. The lowest BCUT2D eigenvalue weighted by atomic mass is 10.0. The summed E-state index contributed by atoms with van der Waals surface area (Å²) in [6, 6.07) is -0.902. The molecule has 252 valence electrons. The first kappa shape index (κ1) is 34.1. The number of carboxylic acid groups (broad SMARTS) is 1. The zero-order valence-electron chi connectivity index (χ0n) is 25.2. The van der Waals surface area contributed by atoms with Crippen LogP contribution in [0.3, 0.4) is 0 Å². The Bertz CT molecular complexity index is 1430. The van der Waals surface area contributed by atoms with Crippen molar-refractivity contribution in [1.82, 2.24) is 35.5 Å². The van der Waals surface area contributed by atoms with Crippen LogP contribution in [0.5, 0.6) is 0 Å². The van der Waals surface area contributed by atoms with Crippen LogP contribution in [0.2, 0.25) is 0 Å². The smallest absolute Gasteiger partial charge is 0.315 e. The summed E-state index contributed by atoms with van der Waals surface area (Å²) in [5.74, 6) is -0.227. The van der Waals surface area contributed by atoms with Crippen molar-refractivity contribution < 1.29 is 39.2 Å². The molecule has 0 bridgehead atoms. The normalized spacial score (nSPS) is 28.3. The summed E-state index contributed by atoms with van der Waals surface area (Å²) in [6.45, 7) is -0.268. The molecule has 2 unspecified atom stereocenters. The molecule has 0 aliphatic carbocycles. The van der Waals surface area contributed by atoms with E-state index in [1.165, 1.54) is 17.2 Å².